The monoisotopic (exact) mass is 342 g/mol. The van der Waals surface area contributed by atoms with Crippen molar-refractivity contribution in [2.45, 2.75) is 31.3 Å². The van der Waals surface area contributed by atoms with Gasteiger partial charge in [-0.05, 0) is 36.5 Å². The largest absolute Gasteiger partial charge is 0.385 e. The maximum absolute atomic E-state index is 10.5. The average Bonchev–Trinajstić information content (AvgIpc) is 2.68. The molecule has 1 heterocycles. The molecule has 130 valence electrons. The fourth-order valence-electron chi connectivity index (χ4n) is 3.29. The van der Waals surface area contributed by atoms with Gasteiger partial charge in [0.25, 0.3) is 0 Å². The Labute approximate surface area is 154 Å². The molecule has 0 spiro atoms. The van der Waals surface area contributed by atoms with E-state index in [9.17, 15) is 5.11 Å². The molecule has 0 atom stereocenters. The number of hydrogen-bond acceptors (Lipinski definition) is 3. The highest BCUT2D eigenvalue weighted by Crippen LogP contribution is 2.40. The predicted molar refractivity (Wildman–Crippen MR) is 105 cm³/mol. The molecule has 3 heteroatoms. The summed E-state index contributed by atoms with van der Waals surface area (Å²) in [6, 6.07) is 24.4. The zero-order chi connectivity index (χ0) is 17.8. The fraction of sp³-hybridized carbons (Fsp3) is 0.217. The predicted octanol–water partition coefficient (Wildman–Crippen LogP) is 4.82. The lowest BCUT2D eigenvalue weighted by molar-refractivity contribution is -0.0390. The van der Waals surface area contributed by atoms with Crippen LogP contribution in [0.25, 0.3) is 0 Å². The molecule has 26 heavy (non-hydrogen) atoms. The molecule has 1 aliphatic carbocycles. The smallest absolute Gasteiger partial charge is 0.152 e. The van der Waals surface area contributed by atoms with Crippen LogP contribution in [0.3, 0.4) is 0 Å². The maximum atomic E-state index is 10.5. The van der Waals surface area contributed by atoms with E-state index in [0.29, 0.717) is 5.82 Å². The van der Waals surface area contributed by atoms with E-state index in [2.05, 4.69) is 29.2 Å². The molecular weight excluding hydrogens is 320 g/mol. The van der Waals surface area contributed by atoms with Gasteiger partial charge in [-0.2, -0.15) is 0 Å². The van der Waals surface area contributed by atoms with E-state index < -0.39 is 5.60 Å². The van der Waals surface area contributed by atoms with Crippen LogP contribution in [-0.2, 0) is 12.0 Å². The summed E-state index contributed by atoms with van der Waals surface area (Å²) in [6.07, 6.45) is 5.23. The molecule has 1 N–H and O–H groups in total. The van der Waals surface area contributed by atoms with Crippen LogP contribution in [0.5, 0.6) is 0 Å². The van der Waals surface area contributed by atoms with E-state index in [0.717, 1.165) is 42.5 Å². The number of hydrogen-bond donors (Lipinski definition) is 1. The summed E-state index contributed by atoms with van der Waals surface area (Å²) in [4.78, 5) is 9.30. The van der Waals surface area contributed by atoms with Gasteiger partial charge in [-0.25, -0.2) is 9.98 Å². The summed E-state index contributed by atoms with van der Waals surface area (Å²) in [5.74, 6) is 0.673. The van der Waals surface area contributed by atoms with Crippen LogP contribution >= 0.6 is 0 Å². The molecule has 0 unspecified atom stereocenters. The Morgan fingerprint density at radius 1 is 0.923 bits per heavy atom. The van der Waals surface area contributed by atoms with Crippen molar-refractivity contribution < 1.29 is 5.11 Å². The molecule has 4 rings (SSSR count). The van der Waals surface area contributed by atoms with Gasteiger partial charge >= 0.3 is 0 Å². The lowest BCUT2D eigenvalue weighted by atomic mass is 9.76. The number of benzene rings is 2. The van der Waals surface area contributed by atoms with Crippen molar-refractivity contribution in [1.82, 2.24) is 4.98 Å². The number of aliphatic hydroxyl groups is 1. The highest BCUT2D eigenvalue weighted by atomic mass is 16.3. The van der Waals surface area contributed by atoms with Crippen molar-refractivity contribution in [2.75, 3.05) is 0 Å². The second kappa shape index (κ2) is 7.22. The molecule has 0 bridgehead atoms. The van der Waals surface area contributed by atoms with Gasteiger partial charge in [-0.3, -0.25) is 0 Å². The standard InChI is InChI=1S/C23H22N2O/c26-23(14-7-15-23)20-12-13-22(24-17-20)25-21(19-10-5-2-6-11-19)16-18-8-3-1-4-9-18/h1-6,8-13,17,26H,7,14-16H2. The van der Waals surface area contributed by atoms with Gasteiger partial charge in [0, 0.05) is 18.2 Å². The fourth-order valence-corrected chi connectivity index (χ4v) is 3.29. The number of aliphatic imine (C=N–C) groups is 1. The zero-order valence-corrected chi connectivity index (χ0v) is 14.7. The van der Waals surface area contributed by atoms with Crippen molar-refractivity contribution in [3.8, 4) is 0 Å². The van der Waals surface area contributed by atoms with Gasteiger partial charge in [0.05, 0.1) is 11.3 Å². The lowest BCUT2D eigenvalue weighted by Crippen LogP contribution is -2.33. The summed E-state index contributed by atoms with van der Waals surface area (Å²) >= 11 is 0. The van der Waals surface area contributed by atoms with E-state index in [-0.39, 0.29) is 0 Å². The lowest BCUT2D eigenvalue weighted by Gasteiger charge is -2.36. The third-order valence-corrected chi connectivity index (χ3v) is 5.04. The Balaban J connectivity index is 1.64. The van der Waals surface area contributed by atoms with Gasteiger partial charge in [-0.15, -0.1) is 0 Å². The second-order valence-electron chi connectivity index (χ2n) is 6.88. The first-order valence-corrected chi connectivity index (χ1v) is 9.09. The van der Waals surface area contributed by atoms with Gasteiger partial charge in [0.1, 0.15) is 0 Å². The number of rotatable bonds is 5. The van der Waals surface area contributed by atoms with Crippen LogP contribution in [0.15, 0.2) is 84.0 Å². The Morgan fingerprint density at radius 2 is 1.62 bits per heavy atom. The minimum atomic E-state index is -0.679. The molecule has 1 fully saturated rings. The molecule has 0 aliphatic heterocycles. The first kappa shape index (κ1) is 16.7. The molecule has 0 amide bonds. The van der Waals surface area contributed by atoms with Crippen LogP contribution in [0.2, 0.25) is 0 Å². The molecule has 1 saturated carbocycles. The Bertz CT molecular complexity index is 883. The van der Waals surface area contributed by atoms with Crippen LogP contribution in [0.1, 0.15) is 36.0 Å². The average molecular weight is 342 g/mol. The molecule has 0 radical (unpaired) electrons. The van der Waals surface area contributed by atoms with Gasteiger partial charge in [0.15, 0.2) is 5.82 Å². The van der Waals surface area contributed by atoms with Crippen LogP contribution in [0.4, 0.5) is 5.82 Å². The molecule has 3 nitrogen and oxygen atoms in total. The van der Waals surface area contributed by atoms with Crippen molar-refractivity contribution in [3.05, 3.63) is 95.7 Å². The van der Waals surface area contributed by atoms with Crippen molar-refractivity contribution in [3.63, 3.8) is 0 Å². The number of nitrogens with zero attached hydrogens (tertiary/aromatic N) is 2. The second-order valence-corrected chi connectivity index (χ2v) is 6.88. The van der Waals surface area contributed by atoms with E-state index in [4.69, 9.17) is 4.99 Å². The topological polar surface area (TPSA) is 45.5 Å². The van der Waals surface area contributed by atoms with E-state index >= 15 is 0 Å². The van der Waals surface area contributed by atoms with Crippen LogP contribution < -0.4 is 0 Å². The molecule has 0 saturated heterocycles. The number of pyridine rings is 1. The summed E-state index contributed by atoms with van der Waals surface area (Å²) in [7, 11) is 0. The van der Waals surface area contributed by atoms with Crippen LogP contribution in [-0.4, -0.2) is 15.8 Å². The van der Waals surface area contributed by atoms with Gasteiger partial charge in [-0.1, -0.05) is 66.7 Å². The minimum absolute atomic E-state index is 0.673. The van der Waals surface area contributed by atoms with Crippen molar-refractivity contribution in [2.24, 2.45) is 4.99 Å². The van der Waals surface area contributed by atoms with Crippen molar-refractivity contribution in [1.29, 1.82) is 0 Å². The maximum Gasteiger partial charge on any atom is 0.152 e. The summed E-state index contributed by atoms with van der Waals surface area (Å²) in [5, 5.41) is 10.5. The Morgan fingerprint density at radius 3 is 2.19 bits per heavy atom. The first-order valence-electron chi connectivity index (χ1n) is 9.09. The van der Waals surface area contributed by atoms with Crippen LogP contribution in [0, 0.1) is 0 Å². The normalized spacial score (nSPS) is 16.1. The minimum Gasteiger partial charge on any atom is -0.385 e. The Hall–Kier alpha value is -2.78. The molecular formula is C23H22N2O. The zero-order valence-electron chi connectivity index (χ0n) is 14.7. The van der Waals surface area contributed by atoms with Gasteiger partial charge < -0.3 is 5.11 Å². The SMILES string of the molecule is OC1(c2ccc(N=C(Cc3ccccc3)c3ccccc3)nc2)CCC1. The van der Waals surface area contributed by atoms with E-state index in [1.165, 1.54) is 5.56 Å². The third kappa shape index (κ3) is 3.58. The summed E-state index contributed by atoms with van der Waals surface area (Å²) in [5.41, 5.74) is 3.52. The molecule has 1 aliphatic rings. The van der Waals surface area contributed by atoms with E-state index in [1.807, 2.05) is 48.5 Å². The highest BCUT2D eigenvalue weighted by Gasteiger charge is 2.36. The molecule has 2 aromatic carbocycles. The molecule has 1 aromatic heterocycles. The summed E-state index contributed by atoms with van der Waals surface area (Å²) < 4.78 is 0. The quantitative estimate of drug-likeness (QED) is 0.676. The first-order chi connectivity index (χ1) is 12.7. The van der Waals surface area contributed by atoms with Crippen molar-refractivity contribution >= 4 is 11.5 Å². The number of aromatic nitrogens is 1. The van der Waals surface area contributed by atoms with E-state index in [1.54, 1.807) is 6.20 Å². The third-order valence-electron chi connectivity index (χ3n) is 5.04. The highest BCUT2D eigenvalue weighted by molar-refractivity contribution is 6.03. The molecule has 3 aromatic rings. The van der Waals surface area contributed by atoms with Gasteiger partial charge in [0.2, 0.25) is 0 Å². The summed E-state index contributed by atoms with van der Waals surface area (Å²) in [6.45, 7) is 0. The Kier molecular flexibility index (Phi) is 4.63.